The number of aromatic nitrogens is 6. The van der Waals surface area contributed by atoms with Gasteiger partial charge in [-0.15, -0.1) is 10.2 Å². The van der Waals surface area contributed by atoms with Crippen molar-refractivity contribution in [1.82, 2.24) is 29.4 Å². The molecule has 0 aliphatic rings. The van der Waals surface area contributed by atoms with E-state index in [1.54, 1.807) is 0 Å². The van der Waals surface area contributed by atoms with Crippen LogP contribution in [0.1, 0.15) is 17.1 Å². The minimum absolute atomic E-state index is 0.791. The standard InChI is InChI=1S/C21H18N6S/c1-13-8-10-16(11-9-13)26-15(3)23-24-21(26)28-20-17-6-4-5-7-18(17)27-19(22-20)12-14(2)25-27/h4-12H,1-3H3. The van der Waals surface area contributed by atoms with Gasteiger partial charge in [-0.1, -0.05) is 35.9 Å². The van der Waals surface area contributed by atoms with Gasteiger partial charge in [-0.25, -0.2) is 9.50 Å². The molecule has 3 aromatic heterocycles. The number of rotatable bonds is 3. The maximum absolute atomic E-state index is 4.86. The van der Waals surface area contributed by atoms with Gasteiger partial charge < -0.3 is 0 Å². The van der Waals surface area contributed by atoms with E-state index in [4.69, 9.17) is 4.98 Å². The van der Waals surface area contributed by atoms with Crippen LogP contribution in [0.3, 0.4) is 0 Å². The van der Waals surface area contributed by atoms with Crippen LogP contribution in [-0.2, 0) is 0 Å². The van der Waals surface area contributed by atoms with Crippen LogP contribution in [0.25, 0.3) is 22.2 Å². The van der Waals surface area contributed by atoms with Gasteiger partial charge in [0.25, 0.3) is 0 Å². The molecule has 5 rings (SSSR count). The third-order valence-corrected chi connectivity index (χ3v) is 5.62. The molecule has 0 amide bonds. The second-order valence-electron chi connectivity index (χ2n) is 6.79. The summed E-state index contributed by atoms with van der Waals surface area (Å²) in [4.78, 5) is 4.86. The molecule has 0 aliphatic heterocycles. The lowest BCUT2D eigenvalue weighted by Crippen LogP contribution is -2.00. The molecule has 28 heavy (non-hydrogen) atoms. The van der Waals surface area contributed by atoms with Crippen LogP contribution >= 0.6 is 11.8 Å². The van der Waals surface area contributed by atoms with Crippen LogP contribution in [0.5, 0.6) is 0 Å². The fourth-order valence-electron chi connectivity index (χ4n) is 3.31. The highest BCUT2D eigenvalue weighted by Crippen LogP contribution is 2.33. The fraction of sp³-hybridized carbons (Fsp3) is 0.143. The van der Waals surface area contributed by atoms with Gasteiger partial charge >= 0.3 is 0 Å². The van der Waals surface area contributed by atoms with Crippen molar-refractivity contribution >= 4 is 28.3 Å². The Kier molecular flexibility index (Phi) is 3.91. The Morgan fingerprint density at radius 3 is 2.50 bits per heavy atom. The van der Waals surface area contributed by atoms with Crippen molar-refractivity contribution < 1.29 is 0 Å². The molecule has 0 radical (unpaired) electrons. The summed E-state index contributed by atoms with van der Waals surface area (Å²) in [6, 6.07) is 18.5. The fourth-order valence-corrected chi connectivity index (χ4v) is 4.32. The number of nitrogens with zero attached hydrogens (tertiary/aromatic N) is 6. The maximum Gasteiger partial charge on any atom is 0.202 e. The average molecular weight is 386 g/mol. The molecule has 5 aromatic rings. The molecule has 0 unspecified atom stereocenters. The topological polar surface area (TPSA) is 60.9 Å². The highest BCUT2D eigenvalue weighted by Gasteiger charge is 2.17. The van der Waals surface area contributed by atoms with Crippen LogP contribution in [-0.4, -0.2) is 29.4 Å². The number of fused-ring (bicyclic) bond motifs is 3. The quantitative estimate of drug-likeness (QED) is 0.426. The lowest BCUT2D eigenvalue weighted by atomic mass is 10.2. The van der Waals surface area contributed by atoms with Crippen molar-refractivity contribution in [3.63, 3.8) is 0 Å². The Morgan fingerprint density at radius 2 is 1.68 bits per heavy atom. The Balaban J connectivity index is 1.68. The van der Waals surface area contributed by atoms with Gasteiger partial charge in [0.2, 0.25) is 5.16 Å². The second kappa shape index (κ2) is 6.45. The van der Waals surface area contributed by atoms with Crippen LogP contribution in [0, 0.1) is 20.8 Å². The summed E-state index contributed by atoms with van der Waals surface area (Å²) in [6.45, 7) is 6.02. The molecule has 0 aliphatic carbocycles. The molecule has 0 atom stereocenters. The zero-order valence-corrected chi connectivity index (χ0v) is 16.6. The summed E-state index contributed by atoms with van der Waals surface area (Å²) in [7, 11) is 0. The smallest absolute Gasteiger partial charge is 0.202 e. The van der Waals surface area contributed by atoms with Gasteiger partial charge in [0.05, 0.1) is 11.2 Å². The van der Waals surface area contributed by atoms with E-state index in [1.165, 1.54) is 17.3 Å². The lowest BCUT2D eigenvalue weighted by molar-refractivity contribution is 0.865. The number of para-hydroxylation sites is 1. The monoisotopic (exact) mass is 386 g/mol. The molecule has 0 bridgehead atoms. The van der Waals surface area contributed by atoms with E-state index in [-0.39, 0.29) is 0 Å². The zero-order chi connectivity index (χ0) is 19.3. The summed E-state index contributed by atoms with van der Waals surface area (Å²) in [5, 5.41) is 16.0. The van der Waals surface area contributed by atoms with Crippen molar-refractivity contribution in [2.45, 2.75) is 31.0 Å². The zero-order valence-electron chi connectivity index (χ0n) is 15.8. The summed E-state index contributed by atoms with van der Waals surface area (Å²) >= 11 is 1.52. The third-order valence-electron chi connectivity index (χ3n) is 4.67. The molecule has 6 nitrogen and oxygen atoms in total. The first-order valence-electron chi connectivity index (χ1n) is 9.02. The Morgan fingerprint density at radius 1 is 0.893 bits per heavy atom. The molecule has 0 spiro atoms. The van der Waals surface area contributed by atoms with Gasteiger partial charge in [-0.05, 0) is 50.7 Å². The van der Waals surface area contributed by atoms with E-state index in [9.17, 15) is 0 Å². The normalized spacial score (nSPS) is 11.5. The molecule has 138 valence electrons. The van der Waals surface area contributed by atoms with Gasteiger partial charge in [0.1, 0.15) is 10.9 Å². The molecule has 0 N–H and O–H groups in total. The number of hydrogen-bond donors (Lipinski definition) is 0. The molecule has 0 saturated carbocycles. The van der Waals surface area contributed by atoms with Crippen LogP contribution < -0.4 is 0 Å². The Bertz CT molecular complexity index is 1320. The predicted molar refractivity (Wildman–Crippen MR) is 110 cm³/mol. The average Bonchev–Trinajstić information content (AvgIpc) is 3.25. The first-order valence-corrected chi connectivity index (χ1v) is 9.84. The highest BCUT2D eigenvalue weighted by molar-refractivity contribution is 7.99. The minimum Gasteiger partial charge on any atom is -0.274 e. The van der Waals surface area contributed by atoms with Crippen molar-refractivity contribution in [2.75, 3.05) is 0 Å². The number of benzene rings is 2. The van der Waals surface area contributed by atoms with Crippen molar-refractivity contribution in [1.29, 1.82) is 0 Å². The second-order valence-corrected chi connectivity index (χ2v) is 7.75. The van der Waals surface area contributed by atoms with Gasteiger partial charge in [-0.3, -0.25) is 4.57 Å². The number of hydrogen-bond acceptors (Lipinski definition) is 5. The molecule has 2 aromatic carbocycles. The largest absolute Gasteiger partial charge is 0.274 e. The van der Waals surface area contributed by atoms with E-state index < -0.39 is 0 Å². The molecule has 0 fully saturated rings. The van der Waals surface area contributed by atoms with Gasteiger partial charge in [-0.2, -0.15) is 5.10 Å². The summed E-state index contributed by atoms with van der Waals surface area (Å²) in [5.41, 5.74) is 5.07. The molecule has 7 heteroatoms. The minimum atomic E-state index is 0.791. The van der Waals surface area contributed by atoms with Crippen LogP contribution in [0.15, 0.2) is 64.8 Å². The summed E-state index contributed by atoms with van der Waals surface area (Å²) < 4.78 is 3.96. The van der Waals surface area contributed by atoms with Gasteiger partial charge in [0.15, 0.2) is 5.65 Å². The third kappa shape index (κ3) is 2.75. The molecular formula is C21H18N6S. The SMILES string of the molecule is Cc1ccc(-n2c(C)nnc2Sc2nc3cc(C)nn3c3ccccc23)cc1. The highest BCUT2D eigenvalue weighted by atomic mass is 32.2. The van der Waals surface area contributed by atoms with Crippen molar-refractivity contribution in [3.05, 3.63) is 71.7 Å². The Labute approximate surface area is 166 Å². The summed E-state index contributed by atoms with van der Waals surface area (Å²) in [6.07, 6.45) is 0. The van der Waals surface area contributed by atoms with E-state index >= 15 is 0 Å². The van der Waals surface area contributed by atoms with E-state index in [0.29, 0.717) is 0 Å². The van der Waals surface area contributed by atoms with E-state index in [1.807, 2.05) is 36.6 Å². The lowest BCUT2D eigenvalue weighted by Gasteiger charge is -2.10. The maximum atomic E-state index is 4.86. The first-order chi connectivity index (χ1) is 13.6. The van der Waals surface area contributed by atoms with Crippen LogP contribution in [0.4, 0.5) is 0 Å². The van der Waals surface area contributed by atoms with Crippen molar-refractivity contribution in [2.24, 2.45) is 0 Å². The van der Waals surface area contributed by atoms with E-state index in [0.717, 1.165) is 43.9 Å². The Hall–Kier alpha value is -3.19. The van der Waals surface area contributed by atoms with Gasteiger partial charge in [0, 0.05) is 17.1 Å². The first kappa shape index (κ1) is 16.9. The molecule has 0 saturated heterocycles. The van der Waals surface area contributed by atoms with E-state index in [2.05, 4.69) is 63.2 Å². The predicted octanol–water partition coefficient (Wildman–Crippen LogP) is 4.54. The van der Waals surface area contributed by atoms with Crippen LogP contribution in [0.2, 0.25) is 0 Å². The molecule has 3 heterocycles. The summed E-state index contributed by atoms with van der Waals surface area (Å²) in [5.74, 6) is 0.844. The van der Waals surface area contributed by atoms with Crippen molar-refractivity contribution in [3.8, 4) is 5.69 Å². The number of aryl methyl sites for hydroxylation is 3. The molecular weight excluding hydrogens is 368 g/mol.